The van der Waals surface area contributed by atoms with Crippen LogP contribution in [0.2, 0.25) is 0 Å². The summed E-state index contributed by atoms with van der Waals surface area (Å²) in [6.07, 6.45) is -0.877. The van der Waals surface area contributed by atoms with E-state index in [1.54, 1.807) is 24.1 Å². The first-order chi connectivity index (χ1) is 16.1. The van der Waals surface area contributed by atoms with Crippen LogP contribution in [0.1, 0.15) is 29.6 Å². The number of nitrogens with zero attached hydrogens (tertiary/aromatic N) is 3. The minimum atomic E-state index is -1.23. The fraction of sp³-hybridized carbons (Fsp3) is 0.333. The summed E-state index contributed by atoms with van der Waals surface area (Å²) in [5, 5.41) is 21.0. The number of nitrogens with two attached hydrogens (primary N) is 1. The average molecular weight is 472 g/mol. The number of aromatic amines is 1. The van der Waals surface area contributed by atoms with Crippen molar-refractivity contribution in [2.45, 2.75) is 25.4 Å². The van der Waals surface area contributed by atoms with Crippen molar-refractivity contribution in [2.75, 3.05) is 34.4 Å². The molecule has 13 heteroatoms. The first kappa shape index (κ1) is 24.2. The Labute approximate surface area is 193 Å². The number of hydrogen-bond donors (Lipinski definition) is 5. The highest BCUT2D eigenvalue weighted by atomic mass is 16.4. The summed E-state index contributed by atoms with van der Waals surface area (Å²) in [4.78, 5) is 68.1. The minimum Gasteiger partial charge on any atom is -0.481 e. The number of Topliss-reactive ketones (excluding diaryl/α,β-unsaturated/α-hetero) is 1. The third-order valence-corrected chi connectivity index (χ3v) is 5.59. The number of rotatable bonds is 10. The molecule has 1 aliphatic heterocycles. The normalized spacial score (nSPS) is 15.6. The number of aromatic nitrogens is 2. The third kappa shape index (κ3) is 5.14. The number of nitrogen functional groups attached to an aromatic ring is 1. The molecule has 1 unspecified atom stereocenters. The second-order valence-corrected chi connectivity index (χ2v) is 7.78. The van der Waals surface area contributed by atoms with Gasteiger partial charge in [-0.05, 0) is 30.7 Å². The summed E-state index contributed by atoms with van der Waals surface area (Å²) in [5.41, 5.74) is 5.91. The van der Waals surface area contributed by atoms with Crippen LogP contribution in [-0.2, 0) is 14.4 Å². The molecular formula is C21H24N6O7. The molecule has 1 aliphatic rings. The maximum atomic E-state index is 12.5. The molecule has 0 aliphatic carbocycles. The second kappa shape index (κ2) is 10.0. The second-order valence-electron chi connectivity index (χ2n) is 7.78. The van der Waals surface area contributed by atoms with Gasteiger partial charge in [0.25, 0.3) is 5.56 Å². The highest BCUT2D eigenvalue weighted by Gasteiger charge is 2.33. The highest BCUT2D eigenvalue weighted by molar-refractivity contribution is 5.98. The van der Waals surface area contributed by atoms with Crippen molar-refractivity contribution in [1.29, 1.82) is 0 Å². The van der Waals surface area contributed by atoms with E-state index in [2.05, 4.69) is 15.3 Å². The van der Waals surface area contributed by atoms with Gasteiger partial charge in [0.15, 0.2) is 17.3 Å². The van der Waals surface area contributed by atoms with E-state index in [0.717, 1.165) is 0 Å². The first-order valence-corrected chi connectivity index (χ1v) is 10.3. The van der Waals surface area contributed by atoms with Crippen molar-refractivity contribution >= 4 is 47.3 Å². The topological polar surface area (TPSA) is 199 Å². The van der Waals surface area contributed by atoms with E-state index in [1.165, 1.54) is 17.0 Å². The number of anilines is 4. The largest absolute Gasteiger partial charge is 0.481 e. The highest BCUT2D eigenvalue weighted by Crippen LogP contribution is 2.28. The van der Waals surface area contributed by atoms with Crippen LogP contribution in [0.25, 0.3) is 0 Å². The molecule has 6 N–H and O–H groups in total. The van der Waals surface area contributed by atoms with E-state index in [4.69, 9.17) is 10.8 Å². The smallest absolute Gasteiger partial charge is 0.306 e. The lowest BCUT2D eigenvalue weighted by molar-refractivity contribution is -0.142. The number of likely N-dealkylation sites (N-methyl/N-ethyl adjacent to an activating group) is 1. The number of nitrogens with one attached hydrogen (secondary N) is 2. The summed E-state index contributed by atoms with van der Waals surface area (Å²) in [6, 6.07) is 6.30. The molecule has 0 saturated heterocycles. The van der Waals surface area contributed by atoms with Crippen LogP contribution in [0, 0.1) is 5.92 Å². The van der Waals surface area contributed by atoms with Crippen LogP contribution in [0.4, 0.5) is 23.1 Å². The van der Waals surface area contributed by atoms with E-state index in [-0.39, 0.29) is 48.8 Å². The van der Waals surface area contributed by atoms with Crippen LogP contribution in [0.3, 0.4) is 0 Å². The lowest BCUT2D eigenvalue weighted by Crippen LogP contribution is -2.55. The van der Waals surface area contributed by atoms with Gasteiger partial charge < -0.3 is 26.2 Å². The van der Waals surface area contributed by atoms with Crippen molar-refractivity contribution in [1.82, 2.24) is 9.97 Å². The van der Waals surface area contributed by atoms with Gasteiger partial charge in [0, 0.05) is 31.1 Å². The van der Waals surface area contributed by atoms with Crippen molar-refractivity contribution < 1.29 is 29.4 Å². The molecule has 13 nitrogen and oxygen atoms in total. The summed E-state index contributed by atoms with van der Waals surface area (Å²) in [6.45, 7) is 0.239. The lowest BCUT2D eigenvalue weighted by atomic mass is 9.94. The van der Waals surface area contributed by atoms with Crippen LogP contribution in [0.5, 0.6) is 0 Å². The van der Waals surface area contributed by atoms with Gasteiger partial charge in [-0.3, -0.25) is 33.9 Å². The van der Waals surface area contributed by atoms with Gasteiger partial charge in [0.1, 0.15) is 6.17 Å². The van der Waals surface area contributed by atoms with Crippen LogP contribution in [0.15, 0.2) is 29.1 Å². The van der Waals surface area contributed by atoms with E-state index in [9.17, 15) is 29.1 Å². The zero-order valence-corrected chi connectivity index (χ0v) is 18.2. The first-order valence-electron chi connectivity index (χ1n) is 10.3. The summed E-state index contributed by atoms with van der Waals surface area (Å²) < 4.78 is 0. The summed E-state index contributed by atoms with van der Waals surface area (Å²) in [5.74, 6) is -3.77. The van der Waals surface area contributed by atoms with Gasteiger partial charge in [-0.1, -0.05) is 0 Å². The van der Waals surface area contributed by atoms with Crippen molar-refractivity contribution in [3.63, 3.8) is 0 Å². The molecule has 3 rings (SSSR count). The van der Waals surface area contributed by atoms with Gasteiger partial charge in [0.05, 0.1) is 12.5 Å². The van der Waals surface area contributed by atoms with Gasteiger partial charge in [-0.25, -0.2) is 0 Å². The molecular weight excluding hydrogens is 448 g/mol. The number of hydrogen-bond acceptors (Lipinski definition) is 9. The number of carbonyl (C=O) groups is 4. The molecule has 2 aromatic rings. The molecule has 1 aromatic carbocycles. The Hall–Kier alpha value is -4.42. The number of fused-ring (bicyclic) bond motifs is 1. The number of ketones is 1. The molecule has 2 atom stereocenters. The molecule has 2 heterocycles. The summed E-state index contributed by atoms with van der Waals surface area (Å²) >= 11 is 0. The molecule has 1 amide bonds. The quantitative estimate of drug-likeness (QED) is 0.236. The van der Waals surface area contributed by atoms with Gasteiger partial charge in [-0.2, -0.15) is 4.98 Å². The molecule has 0 spiro atoms. The van der Waals surface area contributed by atoms with E-state index < -0.39 is 35.4 Å². The SMILES string of the molecule is CN(c1ccc(C(=O)C[C@@H](CCC(=O)O)C(=O)O)cc1)C1CNc2nc(N)[nH]c(=O)c2N1C=O. The summed E-state index contributed by atoms with van der Waals surface area (Å²) in [7, 11) is 1.70. The van der Waals surface area contributed by atoms with Gasteiger partial charge >= 0.3 is 11.9 Å². The van der Waals surface area contributed by atoms with Crippen molar-refractivity contribution in [3.8, 4) is 0 Å². The van der Waals surface area contributed by atoms with Crippen LogP contribution < -0.4 is 26.4 Å². The lowest BCUT2D eigenvalue weighted by Gasteiger charge is -2.40. The third-order valence-electron chi connectivity index (χ3n) is 5.59. The minimum absolute atomic E-state index is 0.0279. The maximum Gasteiger partial charge on any atom is 0.306 e. The Kier molecular flexibility index (Phi) is 7.14. The standard InChI is InChI=1S/C21H24N6O7/c1-26(15-9-23-18-17(27(15)10-28)19(32)25-21(22)24-18)13-5-2-11(3-6-13)14(29)8-12(20(33)34)4-7-16(30)31/h2-3,5-6,10,12,15H,4,7-9H2,1H3,(H,30,31)(H,33,34)(H4,22,23,24,25,32)/t12-,15?/m1/s1. The fourth-order valence-corrected chi connectivity index (χ4v) is 3.74. The predicted molar refractivity (Wildman–Crippen MR) is 122 cm³/mol. The number of carboxylic acids is 2. The molecule has 180 valence electrons. The monoisotopic (exact) mass is 472 g/mol. The predicted octanol–water partition coefficient (Wildman–Crippen LogP) is 0.341. The van der Waals surface area contributed by atoms with Crippen molar-refractivity contribution in [2.24, 2.45) is 5.92 Å². The zero-order valence-electron chi connectivity index (χ0n) is 18.2. The number of carbonyl (C=O) groups excluding carboxylic acids is 2. The molecule has 1 aromatic heterocycles. The number of H-pyrrole nitrogens is 1. The number of amides is 1. The fourth-order valence-electron chi connectivity index (χ4n) is 3.74. The number of aliphatic carboxylic acids is 2. The van der Waals surface area contributed by atoms with Gasteiger partial charge in [0.2, 0.25) is 12.4 Å². The van der Waals surface area contributed by atoms with Gasteiger partial charge in [-0.15, -0.1) is 0 Å². The molecule has 0 bridgehead atoms. The molecule has 0 fully saturated rings. The van der Waals surface area contributed by atoms with E-state index >= 15 is 0 Å². The number of carboxylic acid groups (broad SMARTS) is 2. The number of benzene rings is 1. The average Bonchev–Trinajstić information content (AvgIpc) is 2.79. The van der Waals surface area contributed by atoms with E-state index in [0.29, 0.717) is 12.1 Å². The van der Waals surface area contributed by atoms with Crippen LogP contribution in [-0.4, -0.2) is 64.1 Å². The Morgan fingerprint density at radius 1 is 1.29 bits per heavy atom. The maximum absolute atomic E-state index is 12.5. The molecule has 0 saturated carbocycles. The zero-order chi connectivity index (χ0) is 25.0. The molecule has 0 radical (unpaired) electrons. The Morgan fingerprint density at radius 3 is 2.56 bits per heavy atom. The Bertz CT molecular complexity index is 1160. The van der Waals surface area contributed by atoms with Crippen LogP contribution >= 0.6 is 0 Å². The molecule has 34 heavy (non-hydrogen) atoms. The van der Waals surface area contributed by atoms with Crippen molar-refractivity contribution in [3.05, 3.63) is 40.2 Å². The Morgan fingerprint density at radius 2 is 1.97 bits per heavy atom. The van der Waals surface area contributed by atoms with E-state index in [1.807, 2.05) is 0 Å². The Balaban J connectivity index is 1.75.